The molecule has 88 valence electrons. The van der Waals surface area contributed by atoms with Gasteiger partial charge >= 0.3 is 5.97 Å². The summed E-state index contributed by atoms with van der Waals surface area (Å²) >= 11 is 0. The van der Waals surface area contributed by atoms with Crippen LogP contribution in [0.2, 0.25) is 0 Å². The van der Waals surface area contributed by atoms with Crippen molar-refractivity contribution in [3.05, 3.63) is 29.8 Å². The Morgan fingerprint density at radius 3 is 2.75 bits per heavy atom. The predicted octanol–water partition coefficient (Wildman–Crippen LogP) is 1.50. The SMILES string of the molecule is CCc1ccccc1NCC(O)CC(=O)O. The van der Waals surface area contributed by atoms with Gasteiger partial charge in [-0.15, -0.1) is 0 Å². The lowest BCUT2D eigenvalue weighted by atomic mass is 10.1. The van der Waals surface area contributed by atoms with Gasteiger partial charge in [-0.05, 0) is 18.1 Å². The Balaban J connectivity index is 2.50. The zero-order valence-electron chi connectivity index (χ0n) is 9.31. The lowest BCUT2D eigenvalue weighted by Crippen LogP contribution is -2.23. The van der Waals surface area contributed by atoms with Gasteiger partial charge in [-0.1, -0.05) is 25.1 Å². The number of nitrogens with one attached hydrogen (secondary N) is 1. The van der Waals surface area contributed by atoms with Crippen LogP contribution in [0, 0.1) is 0 Å². The third-order valence-corrected chi connectivity index (χ3v) is 2.34. The molecule has 0 aliphatic rings. The van der Waals surface area contributed by atoms with Gasteiger partial charge in [0.1, 0.15) is 0 Å². The first-order valence-electron chi connectivity index (χ1n) is 5.35. The number of hydrogen-bond donors (Lipinski definition) is 3. The number of carboxylic acid groups (broad SMARTS) is 1. The van der Waals surface area contributed by atoms with E-state index in [2.05, 4.69) is 5.32 Å². The fourth-order valence-corrected chi connectivity index (χ4v) is 1.50. The maximum atomic E-state index is 10.4. The Labute approximate surface area is 94.9 Å². The molecule has 4 nitrogen and oxygen atoms in total. The van der Waals surface area contributed by atoms with E-state index in [4.69, 9.17) is 5.11 Å². The van der Waals surface area contributed by atoms with Gasteiger partial charge in [0, 0.05) is 12.2 Å². The molecule has 0 aliphatic heterocycles. The number of rotatable bonds is 6. The molecule has 1 atom stereocenters. The van der Waals surface area contributed by atoms with Crippen LogP contribution in [0.4, 0.5) is 5.69 Å². The van der Waals surface area contributed by atoms with E-state index in [0.717, 1.165) is 17.7 Å². The van der Waals surface area contributed by atoms with Crippen LogP contribution in [0.3, 0.4) is 0 Å². The fourth-order valence-electron chi connectivity index (χ4n) is 1.50. The van der Waals surface area contributed by atoms with Crippen LogP contribution in [0.1, 0.15) is 18.9 Å². The van der Waals surface area contributed by atoms with Crippen molar-refractivity contribution >= 4 is 11.7 Å². The molecule has 0 aromatic heterocycles. The normalized spacial score (nSPS) is 12.1. The van der Waals surface area contributed by atoms with Crippen LogP contribution in [-0.2, 0) is 11.2 Å². The van der Waals surface area contributed by atoms with Crippen molar-refractivity contribution in [2.45, 2.75) is 25.9 Å². The first kappa shape index (κ1) is 12.5. The van der Waals surface area contributed by atoms with E-state index in [1.165, 1.54) is 0 Å². The van der Waals surface area contributed by atoms with E-state index < -0.39 is 12.1 Å². The number of para-hydroxylation sites is 1. The molecule has 0 aliphatic carbocycles. The largest absolute Gasteiger partial charge is 0.481 e. The molecular formula is C12H17NO3. The molecule has 16 heavy (non-hydrogen) atoms. The maximum Gasteiger partial charge on any atom is 0.306 e. The van der Waals surface area contributed by atoms with Gasteiger partial charge in [0.25, 0.3) is 0 Å². The van der Waals surface area contributed by atoms with E-state index in [9.17, 15) is 9.90 Å². The second-order valence-electron chi connectivity index (χ2n) is 3.64. The van der Waals surface area contributed by atoms with Gasteiger partial charge in [-0.3, -0.25) is 4.79 Å². The van der Waals surface area contributed by atoms with E-state index >= 15 is 0 Å². The zero-order valence-corrected chi connectivity index (χ0v) is 9.31. The average Bonchev–Trinajstić information content (AvgIpc) is 2.26. The highest BCUT2D eigenvalue weighted by Crippen LogP contribution is 2.15. The number of carbonyl (C=O) groups is 1. The minimum absolute atomic E-state index is 0.235. The Bertz CT molecular complexity index is 352. The van der Waals surface area contributed by atoms with Crippen LogP contribution in [0.25, 0.3) is 0 Å². The maximum absolute atomic E-state index is 10.4. The molecule has 0 amide bonds. The Morgan fingerprint density at radius 1 is 1.44 bits per heavy atom. The van der Waals surface area contributed by atoms with Crippen molar-refractivity contribution in [2.75, 3.05) is 11.9 Å². The lowest BCUT2D eigenvalue weighted by molar-refractivity contribution is -0.138. The summed E-state index contributed by atoms with van der Waals surface area (Å²) in [5, 5.41) is 21.0. The minimum atomic E-state index is -0.988. The lowest BCUT2D eigenvalue weighted by Gasteiger charge is -2.13. The van der Waals surface area contributed by atoms with Crippen LogP contribution < -0.4 is 5.32 Å². The molecule has 4 heteroatoms. The molecular weight excluding hydrogens is 206 g/mol. The van der Waals surface area contributed by atoms with Gasteiger partial charge in [-0.2, -0.15) is 0 Å². The summed E-state index contributed by atoms with van der Waals surface area (Å²) in [4.78, 5) is 10.4. The van der Waals surface area contributed by atoms with Gasteiger partial charge in [0.15, 0.2) is 0 Å². The number of aliphatic carboxylic acids is 1. The number of hydrogen-bond acceptors (Lipinski definition) is 3. The molecule has 0 heterocycles. The summed E-state index contributed by atoms with van der Waals surface area (Å²) in [6.45, 7) is 2.30. The number of aryl methyl sites for hydroxylation is 1. The average molecular weight is 223 g/mol. The Hall–Kier alpha value is -1.55. The van der Waals surface area contributed by atoms with Crippen LogP contribution in [0.5, 0.6) is 0 Å². The summed E-state index contributed by atoms with van der Waals surface area (Å²) in [5.74, 6) is -0.988. The second kappa shape index (κ2) is 6.12. The molecule has 3 N–H and O–H groups in total. The summed E-state index contributed by atoms with van der Waals surface area (Å²) in [5.41, 5.74) is 2.11. The summed E-state index contributed by atoms with van der Waals surface area (Å²) in [6.07, 6.45) is -0.193. The van der Waals surface area contributed by atoms with Crippen LogP contribution >= 0.6 is 0 Å². The number of anilines is 1. The van der Waals surface area contributed by atoms with Gasteiger partial charge < -0.3 is 15.5 Å². The van der Waals surface area contributed by atoms with Crippen molar-refractivity contribution in [1.29, 1.82) is 0 Å². The highest BCUT2D eigenvalue weighted by atomic mass is 16.4. The zero-order chi connectivity index (χ0) is 12.0. The monoisotopic (exact) mass is 223 g/mol. The number of aliphatic hydroxyl groups excluding tert-OH is 1. The molecule has 0 radical (unpaired) electrons. The highest BCUT2D eigenvalue weighted by Gasteiger charge is 2.09. The van der Waals surface area contributed by atoms with Gasteiger partial charge in [-0.25, -0.2) is 0 Å². The van der Waals surface area contributed by atoms with E-state index in [1.807, 2.05) is 31.2 Å². The first-order chi connectivity index (χ1) is 7.63. The van der Waals surface area contributed by atoms with Crippen molar-refractivity contribution in [3.8, 4) is 0 Å². The van der Waals surface area contributed by atoms with E-state index in [1.54, 1.807) is 0 Å². The Morgan fingerprint density at radius 2 is 2.12 bits per heavy atom. The quantitative estimate of drug-likeness (QED) is 0.683. The number of carboxylic acids is 1. The van der Waals surface area contributed by atoms with Crippen LogP contribution in [-0.4, -0.2) is 28.8 Å². The van der Waals surface area contributed by atoms with Gasteiger partial charge in [0.2, 0.25) is 0 Å². The highest BCUT2D eigenvalue weighted by molar-refractivity contribution is 5.67. The number of benzene rings is 1. The van der Waals surface area contributed by atoms with E-state index in [-0.39, 0.29) is 13.0 Å². The summed E-state index contributed by atoms with van der Waals surface area (Å²) in [6, 6.07) is 7.79. The molecule has 0 spiro atoms. The molecule has 1 rings (SSSR count). The van der Waals surface area contributed by atoms with Crippen molar-refractivity contribution in [2.24, 2.45) is 0 Å². The fraction of sp³-hybridized carbons (Fsp3) is 0.417. The first-order valence-corrected chi connectivity index (χ1v) is 5.35. The van der Waals surface area contributed by atoms with Crippen molar-refractivity contribution in [1.82, 2.24) is 0 Å². The smallest absolute Gasteiger partial charge is 0.306 e. The third-order valence-electron chi connectivity index (χ3n) is 2.34. The molecule has 0 fully saturated rings. The van der Waals surface area contributed by atoms with Crippen molar-refractivity contribution in [3.63, 3.8) is 0 Å². The van der Waals surface area contributed by atoms with Gasteiger partial charge in [0.05, 0.1) is 12.5 Å². The minimum Gasteiger partial charge on any atom is -0.481 e. The van der Waals surface area contributed by atoms with Crippen LogP contribution in [0.15, 0.2) is 24.3 Å². The summed E-state index contributed by atoms with van der Waals surface area (Å²) in [7, 11) is 0. The molecule has 0 saturated carbocycles. The predicted molar refractivity (Wildman–Crippen MR) is 62.6 cm³/mol. The van der Waals surface area contributed by atoms with E-state index in [0.29, 0.717) is 0 Å². The topological polar surface area (TPSA) is 69.6 Å². The molecule has 1 aromatic carbocycles. The summed E-state index contributed by atoms with van der Waals surface area (Å²) < 4.78 is 0. The number of aliphatic hydroxyl groups is 1. The molecule has 0 bridgehead atoms. The molecule has 1 aromatic rings. The second-order valence-corrected chi connectivity index (χ2v) is 3.64. The standard InChI is InChI=1S/C12H17NO3/c1-2-9-5-3-4-6-11(9)13-8-10(14)7-12(15)16/h3-6,10,13-14H,2,7-8H2,1H3,(H,15,16). The molecule has 1 unspecified atom stereocenters. The Kier molecular flexibility index (Phi) is 4.79. The molecule has 0 saturated heterocycles. The van der Waals surface area contributed by atoms with Crippen molar-refractivity contribution < 1.29 is 15.0 Å². The third kappa shape index (κ3) is 3.90.